The third kappa shape index (κ3) is 7.57. The van der Waals surface area contributed by atoms with Gasteiger partial charge in [-0.05, 0) is 112 Å². The number of hydrogen-bond donors (Lipinski definition) is 0. The molecule has 0 saturated carbocycles. The molecule has 0 radical (unpaired) electrons. The first-order chi connectivity index (χ1) is 19.5. The van der Waals surface area contributed by atoms with Gasteiger partial charge in [0.25, 0.3) is 0 Å². The number of rotatable bonds is 9. The van der Waals surface area contributed by atoms with Gasteiger partial charge in [0.2, 0.25) is 0 Å². The van der Waals surface area contributed by atoms with E-state index in [1.54, 1.807) is 61.7 Å². The second-order valence-electron chi connectivity index (χ2n) is 11.0. The maximum Gasteiger partial charge on any atom is 0.415 e. The van der Waals surface area contributed by atoms with E-state index in [0.717, 1.165) is 23.1 Å². The molecule has 0 N–H and O–H groups in total. The Morgan fingerprint density at radius 3 is 2.22 bits per heavy atom. The van der Waals surface area contributed by atoms with Crippen molar-refractivity contribution in [3.63, 3.8) is 0 Å². The number of amides is 1. The molecule has 218 valence electrons. The summed E-state index contributed by atoms with van der Waals surface area (Å²) in [5.74, 6) is 1.02. The summed E-state index contributed by atoms with van der Waals surface area (Å²) in [6.07, 6.45) is 2.52. The van der Waals surface area contributed by atoms with Crippen molar-refractivity contribution in [2.24, 2.45) is 5.92 Å². The molecule has 8 heteroatoms. The summed E-state index contributed by atoms with van der Waals surface area (Å²) in [5, 5.41) is 0.586. The molecule has 1 unspecified atom stereocenters. The Morgan fingerprint density at radius 2 is 1.63 bits per heavy atom. The number of benzene rings is 3. The Balaban J connectivity index is 1.60. The van der Waals surface area contributed by atoms with Crippen molar-refractivity contribution in [2.75, 3.05) is 26.0 Å². The van der Waals surface area contributed by atoms with Crippen LogP contribution >= 0.6 is 23.4 Å². The summed E-state index contributed by atoms with van der Waals surface area (Å²) in [5.41, 5.74) is 3.11. The molecule has 4 rings (SSSR count). The summed E-state index contributed by atoms with van der Waals surface area (Å²) >= 11 is 7.71. The molecule has 2 atom stereocenters. The molecule has 3 aromatic rings. The van der Waals surface area contributed by atoms with Crippen molar-refractivity contribution in [1.29, 1.82) is 0 Å². The second kappa shape index (κ2) is 13.2. The van der Waals surface area contributed by atoms with Crippen molar-refractivity contribution in [1.82, 2.24) is 4.90 Å². The molecule has 0 aliphatic carbocycles. The third-order valence-electron chi connectivity index (χ3n) is 7.41. The van der Waals surface area contributed by atoms with E-state index in [-0.39, 0.29) is 17.9 Å². The largest absolute Gasteiger partial charge is 0.476 e. The predicted molar refractivity (Wildman–Crippen MR) is 164 cm³/mol. The topological polar surface area (TPSA) is 65.1 Å². The summed E-state index contributed by atoms with van der Waals surface area (Å²) in [6.45, 7) is 10.6. The number of carbonyl (C=O) groups excluding carboxylic acids is 2. The Kier molecular flexibility index (Phi) is 9.92. The van der Waals surface area contributed by atoms with E-state index < -0.39 is 11.6 Å². The zero-order chi connectivity index (χ0) is 29.7. The lowest BCUT2D eigenvalue weighted by molar-refractivity contribution is -0.158. The lowest BCUT2D eigenvalue weighted by Crippen LogP contribution is -2.40. The van der Waals surface area contributed by atoms with Gasteiger partial charge in [-0.25, -0.2) is 9.59 Å². The first-order valence-electron chi connectivity index (χ1n) is 13.8. The van der Waals surface area contributed by atoms with E-state index in [9.17, 15) is 9.59 Å². The number of hydrogen-bond acceptors (Lipinski definition) is 6. The molecular weight excluding hydrogens is 558 g/mol. The minimum atomic E-state index is -1.12. The molecule has 0 spiro atoms. The number of ether oxygens (including phenoxy) is 3. The van der Waals surface area contributed by atoms with E-state index in [0.29, 0.717) is 36.2 Å². The van der Waals surface area contributed by atoms with E-state index in [4.69, 9.17) is 25.8 Å². The van der Waals surface area contributed by atoms with Crippen LogP contribution in [0.2, 0.25) is 5.02 Å². The van der Waals surface area contributed by atoms with E-state index in [2.05, 4.69) is 42.7 Å². The quantitative estimate of drug-likeness (QED) is 0.185. The first kappa shape index (κ1) is 30.8. The fraction of sp³-hybridized carbons (Fsp3) is 0.394. The molecule has 1 fully saturated rings. The van der Waals surface area contributed by atoms with Crippen LogP contribution in [-0.2, 0) is 16.0 Å². The zero-order valence-corrected chi connectivity index (χ0v) is 26.1. The summed E-state index contributed by atoms with van der Waals surface area (Å²) in [7, 11) is 0. The molecule has 1 heterocycles. The third-order valence-corrected chi connectivity index (χ3v) is 8.41. The van der Waals surface area contributed by atoms with Crippen molar-refractivity contribution in [3.8, 4) is 11.5 Å². The van der Waals surface area contributed by atoms with Crippen LogP contribution in [-0.4, -0.2) is 48.5 Å². The summed E-state index contributed by atoms with van der Waals surface area (Å²) in [6, 6.07) is 19.7. The summed E-state index contributed by atoms with van der Waals surface area (Å²) in [4.78, 5) is 28.7. The van der Waals surface area contributed by atoms with Crippen LogP contribution in [0.5, 0.6) is 11.5 Å². The minimum Gasteiger partial charge on any atom is -0.476 e. The fourth-order valence-electron chi connectivity index (χ4n) is 5.30. The maximum absolute atomic E-state index is 13.2. The Morgan fingerprint density at radius 1 is 1.00 bits per heavy atom. The number of halogens is 1. The lowest BCUT2D eigenvalue weighted by atomic mass is 9.83. The molecule has 0 bridgehead atoms. The molecule has 41 heavy (non-hydrogen) atoms. The van der Waals surface area contributed by atoms with Gasteiger partial charge in [0.05, 0.1) is 6.61 Å². The van der Waals surface area contributed by atoms with Gasteiger partial charge in [-0.1, -0.05) is 35.9 Å². The van der Waals surface area contributed by atoms with Crippen LogP contribution in [0.25, 0.3) is 0 Å². The van der Waals surface area contributed by atoms with Gasteiger partial charge in [0.1, 0.15) is 11.5 Å². The van der Waals surface area contributed by atoms with Crippen molar-refractivity contribution < 1.29 is 23.8 Å². The molecular formula is C33H38ClNO5S. The molecule has 1 aliphatic heterocycles. The average molecular weight is 596 g/mol. The van der Waals surface area contributed by atoms with Gasteiger partial charge in [-0.3, -0.25) is 0 Å². The lowest BCUT2D eigenvalue weighted by Gasteiger charge is -2.27. The molecule has 1 aliphatic rings. The van der Waals surface area contributed by atoms with Crippen molar-refractivity contribution in [2.45, 2.75) is 57.5 Å². The molecule has 1 saturated heterocycles. The SMILES string of the molecule is CCOC(=O)C(C)(C)Oc1c(C)cc([C@H]2CN(C(=O)Oc3ccc(Cl)cc3)CC2Cc2ccc(SC)cc2)cc1C. The highest BCUT2D eigenvalue weighted by Crippen LogP contribution is 2.39. The number of thioether (sulfide) groups is 1. The first-order valence-corrected chi connectivity index (χ1v) is 15.4. The highest BCUT2D eigenvalue weighted by Gasteiger charge is 2.38. The normalized spacial score (nSPS) is 16.9. The van der Waals surface area contributed by atoms with Crippen molar-refractivity contribution in [3.05, 3.63) is 87.9 Å². The van der Waals surface area contributed by atoms with Gasteiger partial charge in [-0.15, -0.1) is 11.8 Å². The van der Waals surface area contributed by atoms with Crippen LogP contribution in [0.15, 0.2) is 65.6 Å². The van der Waals surface area contributed by atoms with Crippen LogP contribution in [0.1, 0.15) is 48.9 Å². The smallest absolute Gasteiger partial charge is 0.415 e. The molecule has 3 aromatic carbocycles. The average Bonchev–Trinajstić information content (AvgIpc) is 3.36. The number of esters is 1. The number of carbonyl (C=O) groups is 2. The molecule has 0 aromatic heterocycles. The Hall–Kier alpha value is -3.16. The van der Waals surface area contributed by atoms with Crippen LogP contribution in [0, 0.1) is 19.8 Å². The molecule has 1 amide bonds. The zero-order valence-electron chi connectivity index (χ0n) is 24.5. The van der Waals surface area contributed by atoms with E-state index in [1.807, 2.05) is 13.8 Å². The predicted octanol–water partition coefficient (Wildman–Crippen LogP) is 7.86. The van der Waals surface area contributed by atoms with E-state index >= 15 is 0 Å². The monoisotopic (exact) mass is 595 g/mol. The van der Waals surface area contributed by atoms with E-state index in [1.165, 1.54) is 10.5 Å². The van der Waals surface area contributed by atoms with Crippen LogP contribution in [0.4, 0.5) is 4.79 Å². The number of likely N-dealkylation sites (tertiary alicyclic amines) is 1. The highest BCUT2D eigenvalue weighted by atomic mass is 35.5. The Labute approximate surface area is 252 Å². The maximum atomic E-state index is 13.2. The van der Waals surface area contributed by atoms with Gasteiger partial charge < -0.3 is 19.1 Å². The summed E-state index contributed by atoms with van der Waals surface area (Å²) < 4.78 is 17.1. The fourth-order valence-corrected chi connectivity index (χ4v) is 5.83. The number of aryl methyl sites for hydroxylation is 2. The number of nitrogens with zero attached hydrogens (tertiary/aromatic N) is 1. The van der Waals surface area contributed by atoms with Gasteiger partial charge >= 0.3 is 12.1 Å². The van der Waals surface area contributed by atoms with Gasteiger partial charge in [0.15, 0.2) is 5.60 Å². The minimum absolute atomic E-state index is 0.0949. The highest BCUT2D eigenvalue weighted by molar-refractivity contribution is 7.98. The second-order valence-corrected chi connectivity index (χ2v) is 12.3. The van der Waals surface area contributed by atoms with Crippen LogP contribution in [0.3, 0.4) is 0 Å². The van der Waals surface area contributed by atoms with Crippen LogP contribution < -0.4 is 9.47 Å². The standard InChI is InChI=1S/C33H38ClNO5S/c1-7-38-31(36)33(4,5)40-30-21(2)16-24(17-22(30)3)29-20-35(32(37)39-27-12-10-26(34)11-13-27)19-25(29)18-23-8-14-28(41-6)15-9-23/h8-17,25,29H,7,18-20H2,1-6H3/t25?,29-/m1/s1. The molecule has 6 nitrogen and oxygen atoms in total. The van der Waals surface area contributed by atoms with Crippen molar-refractivity contribution >= 4 is 35.4 Å². The Bertz CT molecular complexity index is 1350. The van der Waals surface area contributed by atoms with Gasteiger partial charge in [0, 0.05) is 28.9 Å². The van der Waals surface area contributed by atoms with Gasteiger partial charge in [-0.2, -0.15) is 0 Å².